The van der Waals surface area contributed by atoms with E-state index in [0.717, 1.165) is 36.9 Å². The number of benzene rings is 1. The molecule has 1 aliphatic rings. The Labute approximate surface area is 168 Å². The smallest absolute Gasteiger partial charge is 0.223 e. The van der Waals surface area contributed by atoms with Gasteiger partial charge in [-0.05, 0) is 42.5 Å². The molecule has 0 spiro atoms. The van der Waals surface area contributed by atoms with Gasteiger partial charge in [0.25, 0.3) is 0 Å². The first-order valence-electron chi connectivity index (χ1n) is 10.2. The fourth-order valence-corrected chi connectivity index (χ4v) is 4.82. The highest BCUT2D eigenvalue weighted by atomic mass is 32.2. The second-order valence-corrected chi connectivity index (χ2v) is 9.61. The number of amides is 2. The molecule has 0 saturated carbocycles. The summed E-state index contributed by atoms with van der Waals surface area (Å²) in [5, 5.41) is 2.88. The van der Waals surface area contributed by atoms with E-state index in [0.29, 0.717) is 25.4 Å². The average Bonchev–Trinajstić information content (AvgIpc) is 3.10. The van der Waals surface area contributed by atoms with Gasteiger partial charge in [-0.15, -0.1) is 0 Å². The molecule has 1 aliphatic heterocycles. The van der Waals surface area contributed by atoms with E-state index in [4.69, 9.17) is 0 Å². The van der Waals surface area contributed by atoms with Gasteiger partial charge in [-0.1, -0.05) is 33.1 Å². The number of nitrogens with one attached hydrogen (secondary N) is 1. The van der Waals surface area contributed by atoms with Crippen molar-refractivity contribution in [3.05, 3.63) is 23.8 Å². The van der Waals surface area contributed by atoms with Crippen molar-refractivity contribution in [2.24, 2.45) is 5.92 Å². The van der Waals surface area contributed by atoms with Crippen LogP contribution in [0.5, 0.6) is 0 Å². The number of hydrogen-bond acceptors (Lipinski definition) is 4. The molecule has 1 N–H and O–H groups in total. The van der Waals surface area contributed by atoms with Gasteiger partial charge < -0.3 is 10.2 Å². The van der Waals surface area contributed by atoms with Crippen LogP contribution < -0.4 is 10.2 Å². The Morgan fingerprint density at radius 3 is 2.64 bits per heavy atom. The van der Waals surface area contributed by atoms with Gasteiger partial charge >= 0.3 is 0 Å². The normalized spacial score (nSPS) is 14.6. The van der Waals surface area contributed by atoms with Crippen molar-refractivity contribution in [1.82, 2.24) is 5.32 Å². The second-order valence-electron chi connectivity index (χ2n) is 7.50. The molecule has 0 fully saturated rings. The van der Waals surface area contributed by atoms with Gasteiger partial charge in [-0.2, -0.15) is 0 Å². The van der Waals surface area contributed by atoms with Gasteiger partial charge in [0.15, 0.2) is 9.84 Å². The lowest BCUT2D eigenvalue weighted by molar-refractivity contribution is -0.121. The van der Waals surface area contributed by atoms with Crippen LogP contribution in [0.1, 0.15) is 58.4 Å². The molecule has 28 heavy (non-hydrogen) atoms. The molecule has 0 aromatic heterocycles. The molecule has 6 nitrogen and oxygen atoms in total. The molecule has 1 aromatic carbocycles. The summed E-state index contributed by atoms with van der Waals surface area (Å²) in [7, 11) is -3.54. The van der Waals surface area contributed by atoms with Crippen molar-refractivity contribution in [3.63, 3.8) is 0 Å². The maximum atomic E-state index is 12.6. The van der Waals surface area contributed by atoms with Crippen molar-refractivity contribution in [1.29, 1.82) is 0 Å². The molecule has 0 radical (unpaired) electrons. The van der Waals surface area contributed by atoms with Crippen LogP contribution in [-0.2, 0) is 25.8 Å². The monoisotopic (exact) mass is 408 g/mol. The van der Waals surface area contributed by atoms with Crippen molar-refractivity contribution in [2.75, 3.05) is 23.7 Å². The van der Waals surface area contributed by atoms with Crippen LogP contribution in [0.25, 0.3) is 0 Å². The van der Waals surface area contributed by atoms with Crippen molar-refractivity contribution < 1.29 is 18.0 Å². The Hall–Kier alpha value is -1.89. The zero-order valence-electron chi connectivity index (χ0n) is 17.2. The highest BCUT2D eigenvalue weighted by Gasteiger charge is 2.25. The number of anilines is 1. The standard InChI is InChI=1S/C21H32N2O4S/c1-4-6-7-17(5-2)15-22-21(25)11-13-28(26,27)19-8-9-20-18(14-19)10-12-23(20)16(3)24/h8-9,14,17H,4-7,10-13,15H2,1-3H3,(H,22,25). The van der Waals surface area contributed by atoms with Crippen LogP contribution in [0.15, 0.2) is 23.1 Å². The minimum Gasteiger partial charge on any atom is -0.356 e. The van der Waals surface area contributed by atoms with E-state index in [1.54, 1.807) is 17.0 Å². The molecule has 7 heteroatoms. The first-order chi connectivity index (χ1) is 13.3. The van der Waals surface area contributed by atoms with Gasteiger partial charge in [0.2, 0.25) is 11.8 Å². The summed E-state index contributed by atoms with van der Waals surface area (Å²) in [5.41, 5.74) is 1.64. The SMILES string of the molecule is CCCCC(CC)CNC(=O)CCS(=O)(=O)c1ccc2c(c1)CCN2C(C)=O. The molecular weight excluding hydrogens is 376 g/mol. The zero-order chi connectivity index (χ0) is 20.7. The molecule has 1 unspecified atom stereocenters. The van der Waals surface area contributed by atoms with Gasteiger partial charge in [-0.3, -0.25) is 9.59 Å². The van der Waals surface area contributed by atoms with Crippen LogP contribution in [0.4, 0.5) is 5.69 Å². The lowest BCUT2D eigenvalue weighted by atomic mass is 9.99. The third kappa shape index (κ3) is 5.80. The summed E-state index contributed by atoms with van der Waals surface area (Å²) in [5.74, 6) is -0.0287. The zero-order valence-corrected chi connectivity index (χ0v) is 18.0. The summed E-state index contributed by atoms with van der Waals surface area (Å²) >= 11 is 0. The molecule has 156 valence electrons. The number of unbranched alkanes of at least 4 members (excludes halogenated alkanes) is 1. The molecule has 2 amide bonds. The first-order valence-corrected chi connectivity index (χ1v) is 11.8. The molecule has 2 rings (SSSR count). The summed E-state index contributed by atoms with van der Waals surface area (Å²) in [6, 6.07) is 4.87. The minimum atomic E-state index is -3.54. The summed E-state index contributed by atoms with van der Waals surface area (Å²) in [6.07, 6.45) is 4.97. The molecule has 0 aliphatic carbocycles. The van der Waals surface area contributed by atoms with Crippen LogP contribution >= 0.6 is 0 Å². The van der Waals surface area contributed by atoms with Gasteiger partial charge in [0.1, 0.15) is 0 Å². The van der Waals surface area contributed by atoms with E-state index in [9.17, 15) is 18.0 Å². The third-order valence-electron chi connectivity index (χ3n) is 5.41. The van der Waals surface area contributed by atoms with Gasteiger partial charge in [0.05, 0.1) is 10.6 Å². The van der Waals surface area contributed by atoms with Crippen LogP contribution in [-0.4, -0.2) is 39.1 Å². The Bertz CT molecular complexity index is 805. The van der Waals surface area contributed by atoms with Crippen molar-refractivity contribution in [3.8, 4) is 0 Å². The van der Waals surface area contributed by atoms with Gasteiger partial charge in [-0.25, -0.2) is 8.42 Å². The Morgan fingerprint density at radius 1 is 1.25 bits per heavy atom. The predicted molar refractivity (Wildman–Crippen MR) is 111 cm³/mol. The maximum absolute atomic E-state index is 12.6. The van der Waals surface area contributed by atoms with Crippen LogP contribution in [0, 0.1) is 5.92 Å². The average molecular weight is 409 g/mol. The lowest BCUT2D eigenvalue weighted by Gasteiger charge is -2.16. The summed E-state index contributed by atoms with van der Waals surface area (Å²) in [6.45, 7) is 6.94. The molecule has 1 heterocycles. The number of rotatable bonds is 10. The van der Waals surface area contributed by atoms with E-state index in [2.05, 4.69) is 19.2 Å². The molecule has 1 aromatic rings. The summed E-state index contributed by atoms with van der Waals surface area (Å²) in [4.78, 5) is 25.6. The minimum absolute atomic E-state index is 0.0385. The first kappa shape index (κ1) is 22.4. The molecular formula is C21H32N2O4S. The number of nitrogens with zero attached hydrogens (tertiary/aromatic N) is 1. The van der Waals surface area contributed by atoms with Crippen molar-refractivity contribution in [2.45, 2.75) is 64.2 Å². The number of carbonyl (C=O) groups excluding carboxylic acids is 2. The number of sulfone groups is 1. The van der Waals surface area contributed by atoms with E-state index < -0.39 is 9.84 Å². The fraction of sp³-hybridized carbons (Fsp3) is 0.619. The quantitative estimate of drug-likeness (QED) is 0.645. The molecule has 1 atom stereocenters. The molecule has 0 saturated heterocycles. The third-order valence-corrected chi connectivity index (χ3v) is 7.13. The lowest BCUT2D eigenvalue weighted by Crippen LogP contribution is -2.30. The van der Waals surface area contributed by atoms with E-state index in [-0.39, 0.29) is 28.9 Å². The largest absolute Gasteiger partial charge is 0.356 e. The highest BCUT2D eigenvalue weighted by molar-refractivity contribution is 7.91. The Morgan fingerprint density at radius 2 is 2.00 bits per heavy atom. The number of hydrogen-bond donors (Lipinski definition) is 1. The molecule has 0 bridgehead atoms. The van der Waals surface area contributed by atoms with Gasteiger partial charge in [0, 0.05) is 32.1 Å². The topological polar surface area (TPSA) is 83.6 Å². The van der Waals surface area contributed by atoms with Crippen molar-refractivity contribution >= 4 is 27.3 Å². The van der Waals surface area contributed by atoms with E-state index >= 15 is 0 Å². The highest BCUT2D eigenvalue weighted by Crippen LogP contribution is 2.30. The number of fused-ring (bicyclic) bond motifs is 1. The van der Waals surface area contributed by atoms with E-state index in [1.165, 1.54) is 13.0 Å². The van der Waals surface area contributed by atoms with Crippen LogP contribution in [0.2, 0.25) is 0 Å². The Balaban J connectivity index is 1.92. The predicted octanol–water partition coefficient (Wildman–Crippen LogP) is 3.09. The summed E-state index contributed by atoms with van der Waals surface area (Å²) < 4.78 is 25.3. The fourth-order valence-electron chi connectivity index (χ4n) is 3.53. The number of carbonyl (C=O) groups is 2. The van der Waals surface area contributed by atoms with E-state index in [1.807, 2.05) is 0 Å². The second kappa shape index (κ2) is 10.0. The maximum Gasteiger partial charge on any atom is 0.223 e. The van der Waals surface area contributed by atoms with Crippen LogP contribution in [0.3, 0.4) is 0 Å². The Kier molecular flexibility index (Phi) is 8.04.